The van der Waals surface area contributed by atoms with Crippen LogP contribution in [-0.4, -0.2) is 116 Å². The zero-order valence-electron chi connectivity index (χ0n) is 25.0. The van der Waals surface area contributed by atoms with Crippen LogP contribution < -0.4 is 5.32 Å². The summed E-state index contributed by atoms with van der Waals surface area (Å²) >= 11 is 0. The summed E-state index contributed by atoms with van der Waals surface area (Å²) in [7, 11) is 0. The molecular weight excluding hydrogens is 522 g/mol. The maximum absolute atomic E-state index is 11.3. The van der Waals surface area contributed by atoms with Crippen LogP contribution in [0, 0.1) is 0 Å². The highest BCUT2D eigenvalue weighted by molar-refractivity contribution is 5.77. The Labute approximate surface area is 241 Å². The van der Waals surface area contributed by atoms with Gasteiger partial charge in [0.05, 0.1) is 72.7 Å². The number of hydrogen-bond acceptors (Lipinski definition) is 9. The van der Waals surface area contributed by atoms with Gasteiger partial charge in [0, 0.05) is 13.2 Å². The first kappa shape index (κ1) is 38.7. The molecule has 0 rings (SSSR count). The summed E-state index contributed by atoms with van der Waals surface area (Å²) in [6, 6.07) is 0. The zero-order chi connectivity index (χ0) is 29.2. The van der Waals surface area contributed by atoms with Gasteiger partial charge >= 0.3 is 5.97 Å². The first-order chi connectivity index (χ1) is 19.7. The molecule has 2 N–H and O–H groups in total. The van der Waals surface area contributed by atoms with Crippen LogP contribution in [0.3, 0.4) is 0 Å². The van der Waals surface area contributed by atoms with Crippen LogP contribution in [0.4, 0.5) is 0 Å². The monoisotopic (exact) mass is 579 g/mol. The number of carboxylic acid groups (broad SMARTS) is 1. The molecule has 0 bridgehead atoms. The van der Waals surface area contributed by atoms with Gasteiger partial charge in [-0.3, -0.25) is 4.79 Å². The maximum Gasteiger partial charge on any atom is 0.329 e. The topological polar surface area (TPSA) is 131 Å². The minimum absolute atomic E-state index is 0.288. The maximum atomic E-state index is 11.3. The van der Waals surface area contributed by atoms with Crippen molar-refractivity contribution in [3.8, 4) is 0 Å². The quantitative estimate of drug-likeness (QED) is 0.109. The third-order valence-electron chi connectivity index (χ3n) is 5.78. The van der Waals surface area contributed by atoms with Gasteiger partial charge in [-0.15, -0.1) is 0 Å². The summed E-state index contributed by atoms with van der Waals surface area (Å²) in [5.41, 5.74) is 0. The Balaban J connectivity index is 3.08. The van der Waals surface area contributed by atoms with Gasteiger partial charge < -0.3 is 43.6 Å². The molecule has 0 aromatic heterocycles. The molecule has 0 saturated carbocycles. The first-order valence-electron chi connectivity index (χ1n) is 15.2. The molecule has 0 fully saturated rings. The number of carbonyl (C=O) groups excluding carboxylic acids is 1. The number of aliphatic carboxylic acids is 1. The van der Waals surface area contributed by atoms with Crippen LogP contribution in [-0.2, 0) is 42.7 Å². The molecule has 11 heteroatoms. The molecule has 0 radical (unpaired) electrons. The number of ether oxygens (including phenoxy) is 7. The van der Waals surface area contributed by atoms with E-state index in [2.05, 4.69) is 17.0 Å². The second-order valence-electron chi connectivity index (χ2n) is 9.45. The number of unbranched alkanes of at least 4 members (excludes halogenated alkanes) is 10. The lowest BCUT2D eigenvalue weighted by Crippen LogP contribution is -2.31. The van der Waals surface area contributed by atoms with E-state index in [0.717, 1.165) is 13.0 Å². The number of nitrogens with one attached hydrogen (secondary N) is 1. The van der Waals surface area contributed by atoms with E-state index >= 15 is 0 Å². The number of hydrogen-bond donors (Lipinski definition) is 2. The summed E-state index contributed by atoms with van der Waals surface area (Å²) in [5.74, 6) is -1.50. The van der Waals surface area contributed by atoms with Crippen molar-refractivity contribution in [2.24, 2.45) is 0 Å². The first-order valence-corrected chi connectivity index (χ1v) is 15.2. The van der Waals surface area contributed by atoms with Gasteiger partial charge in [0.1, 0.15) is 13.2 Å². The van der Waals surface area contributed by atoms with Crippen molar-refractivity contribution < 1.29 is 47.9 Å². The predicted octanol–water partition coefficient (Wildman–Crippen LogP) is 3.61. The summed E-state index contributed by atoms with van der Waals surface area (Å²) < 4.78 is 37.5. The average molecular weight is 580 g/mol. The fourth-order valence-corrected chi connectivity index (χ4v) is 3.61. The van der Waals surface area contributed by atoms with Crippen LogP contribution in [0.15, 0.2) is 0 Å². The molecule has 0 aliphatic heterocycles. The molecule has 1 amide bonds. The van der Waals surface area contributed by atoms with E-state index in [1.54, 1.807) is 0 Å². The summed E-state index contributed by atoms with van der Waals surface area (Å²) in [6.07, 6.45) is 14.8. The molecule has 0 unspecified atom stereocenters. The minimum Gasteiger partial charge on any atom is -0.480 e. The molecule has 40 heavy (non-hydrogen) atoms. The van der Waals surface area contributed by atoms with Gasteiger partial charge in [0.15, 0.2) is 0 Å². The fraction of sp³-hybridized carbons (Fsp3) is 0.931. The van der Waals surface area contributed by atoms with Crippen molar-refractivity contribution >= 4 is 11.9 Å². The summed E-state index contributed by atoms with van der Waals surface area (Å²) in [6.45, 7) is 8.03. The number of carbonyl (C=O) groups is 2. The molecular formula is C29H57NO10. The molecule has 0 saturated heterocycles. The molecule has 0 aromatic carbocycles. The lowest BCUT2D eigenvalue weighted by Gasteiger charge is -2.09. The Kier molecular flexibility index (Phi) is 32.7. The third kappa shape index (κ3) is 34.7. The van der Waals surface area contributed by atoms with Gasteiger partial charge in [-0.25, -0.2) is 4.79 Å². The lowest BCUT2D eigenvalue weighted by molar-refractivity contribution is -0.143. The van der Waals surface area contributed by atoms with E-state index in [9.17, 15) is 9.59 Å². The SMILES string of the molecule is CCCCCCCCCCCCCOCCOCCOCCOCCOCCOCCNC(=O)COCC(=O)O. The molecule has 238 valence electrons. The second kappa shape index (κ2) is 33.9. The van der Waals surface area contributed by atoms with Gasteiger partial charge in [-0.05, 0) is 6.42 Å². The van der Waals surface area contributed by atoms with Crippen molar-refractivity contribution in [3.05, 3.63) is 0 Å². The molecule has 0 aliphatic rings. The van der Waals surface area contributed by atoms with Crippen LogP contribution >= 0.6 is 0 Å². The third-order valence-corrected chi connectivity index (χ3v) is 5.78. The highest BCUT2D eigenvalue weighted by Gasteiger charge is 2.03. The number of amides is 1. The smallest absolute Gasteiger partial charge is 0.329 e. The number of carboxylic acids is 1. The van der Waals surface area contributed by atoms with Crippen molar-refractivity contribution in [1.82, 2.24) is 5.32 Å². The zero-order valence-corrected chi connectivity index (χ0v) is 25.0. The fourth-order valence-electron chi connectivity index (χ4n) is 3.61. The molecule has 0 heterocycles. The van der Waals surface area contributed by atoms with Crippen LogP contribution in [0.2, 0.25) is 0 Å². The Hall–Kier alpha value is -1.34. The van der Waals surface area contributed by atoms with E-state index in [1.165, 1.54) is 64.2 Å². The van der Waals surface area contributed by atoms with Gasteiger partial charge in [-0.1, -0.05) is 71.1 Å². The number of rotatable bonds is 34. The predicted molar refractivity (Wildman–Crippen MR) is 153 cm³/mol. The van der Waals surface area contributed by atoms with Crippen LogP contribution in [0.1, 0.15) is 77.6 Å². The van der Waals surface area contributed by atoms with E-state index < -0.39 is 12.6 Å². The van der Waals surface area contributed by atoms with Crippen molar-refractivity contribution in [2.75, 3.05) is 99.0 Å². The summed E-state index contributed by atoms with van der Waals surface area (Å²) in [5, 5.41) is 11.0. The van der Waals surface area contributed by atoms with E-state index in [1.807, 2.05) is 0 Å². The normalized spacial score (nSPS) is 11.2. The van der Waals surface area contributed by atoms with E-state index in [4.69, 9.17) is 33.5 Å². The van der Waals surface area contributed by atoms with Crippen LogP contribution in [0.5, 0.6) is 0 Å². The molecule has 0 spiro atoms. The Bertz CT molecular complexity index is 539. The van der Waals surface area contributed by atoms with Crippen LogP contribution in [0.25, 0.3) is 0 Å². The van der Waals surface area contributed by atoms with E-state index in [-0.39, 0.29) is 12.5 Å². The molecule has 11 nitrogen and oxygen atoms in total. The average Bonchev–Trinajstić information content (AvgIpc) is 2.94. The Morgan fingerprint density at radius 1 is 0.475 bits per heavy atom. The highest BCUT2D eigenvalue weighted by Crippen LogP contribution is 2.11. The van der Waals surface area contributed by atoms with Gasteiger partial charge in [0.2, 0.25) is 5.91 Å². The van der Waals surface area contributed by atoms with Gasteiger partial charge in [-0.2, -0.15) is 0 Å². The molecule has 0 atom stereocenters. The largest absolute Gasteiger partial charge is 0.480 e. The Morgan fingerprint density at radius 3 is 1.27 bits per heavy atom. The minimum atomic E-state index is -1.11. The lowest BCUT2D eigenvalue weighted by atomic mass is 10.1. The van der Waals surface area contributed by atoms with E-state index in [0.29, 0.717) is 79.2 Å². The van der Waals surface area contributed by atoms with Crippen molar-refractivity contribution in [1.29, 1.82) is 0 Å². The second-order valence-corrected chi connectivity index (χ2v) is 9.45. The summed E-state index contributed by atoms with van der Waals surface area (Å²) in [4.78, 5) is 21.6. The molecule has 0 aliphatic carbocycles. The van der Waals surface area contributed by atoms with Gasteiger partial charge in [0.25, 0.3) is 0 Å². The standard InChI is InChI=1S/C29H57NO10/c1-2-3-4-5-6-7-8-9-10-11-12-14-34-16-18-36-20-22-38-24-25-39-23-21-37-19-17-35-15-13-30-28(31)26-40-27-29(32)33/h2-27H2,1H3,(H,30,31)(H,32,33). The van der Waals surface area contributed by atoms with Crippen molar-refractivity contribution in [3.63, 3.8) is 0 Å². The molecule has 0 aromatic rings. The Morgan fingerprint density at radius 2 is 0.850 bits per heavy atom. The van der Waals surface area contributed by atoms with Crippen molar-refractivity contribution in [2.45, 2.75) is 77.6 Å². The highest BCUT2D eigenvalue weighted by atomic mass is 16.6.